The van der Waals surface area contributed by atoms with E-state index in [0.717, 1.165) is 0 Å². The summed E-state index contributed by atoms with van der Waals surface area (Å²) >= 11 is 0. The molecule has 0 radical (unpaired) electrons. The van der Waals surface area contributed by atoms with Crippen LogP contribution in [0.3, 0.4) is 0 Å². The van der Waals surface area contributed by atoms with Crippen LogP contribution in [-0.2, 0) is 4.79 Å². The summed E-state index contributed by atoms with van der Waals surface area (Å²) < 4.78 is 0. The third kappa shape index (κ3) is 3.73. The first-order valence-electron chi connectivity index (χ1n) is 5.83. The summed E-state index contributed by atoms with van der Waals surface area (Å²) in [6.45, 7) is 2.32. The molecule has 19 heavy (non-hydrogen) atoms. The lowest BCUT2D eigenvalue weighted by Crippen LogP contribution is -2.36. The molecule has 7 nitrogen and oxygen atoms in total. The van der Waals surface area contributed by atoms with Crippen LogP contribution in [0, 0.1) is 10.1 Å². The van der Waals surface area contributed by atoms with Gasteiger partial charge in [-0.1, -0.05) is 19.1 Å². The Morgan fingerprint density at radius 3 is 2.37 bits per heavy atom. The zero-order valence-corrected chi connectivity index (χ0v) is 10.5. The number of non-ortho nitro benzene ring substituents is 1. The Hall–Kier alpha value is -1.99. The average molecular weight is 268 g/mol. The molecule has 1 atom stereocenters. The van der Waals surface area contributed by atoms with Crippen LogP contribution in [0.2, 0.25) is 0 Å². The lowest BCUT2D eigenvalue weighted by atomic mass is 10.0. The highest BCUT2D eigenvalue weighted by atomic mass is 16.6. The van der Waals surface area contributed by atoms with Crippen LogP contribution in [0.4, 0.5) is 5.69 Å². The number of likely N-dealkylation sites (N-methyl/N-ethyl adjacent to an activating group) is 1. The van der Waals surface area contributed by atoms with Crippen LogP contribution in [-0.4, -0.2) is 45.7 Å². The van der Waals surface area contributed by atoms with Gasteiger partial charge in [0.25, 0.3) is 5.69 Å². The van der Waals surface area contributed by atoms with Gasteiger partial charge in [-0.3, -0.25) is 19.8 Å². The van der Waals surface area contributed by atoms with E-state index in [0.29, 0.717) is 12.1 Å². The van der Waals surface area contributed by atoms with Gasteiger partial charge in [0, 0.05) is 18.7 Å². The number of nitro groups is 1. The van der Waals surface area contributed by atoms with Gasteiger partial charge in [-0.15, -0.1) is 0 Å². The number of aliphatic carboxylic acids is 1. The Bertz CT molecular complexity index is 446. The van der Waals surface area contributed by atoms with E-state index in [-0.39, 0.29) is 18.8 Å². The van der Waals surface area contributed by atoms with Crippen molar-refractivity contribution in [2.24, 2.45) is 0 Å². The van der Waals surface area contributed by atoms with Gasteiger partial charge in [-0.2, -0.15) is 0 Å². The number of carboxylic acids is 1. The number of hydrogen-bond acceptors (Lipinski definition) is 5. The monoisotopic (exact) mass is 268 g/mol. The van der Waals surface area contributed by atoms with Crippen LogP contribution in [0.25, 0.3) is 0 Å². The second-order valence-corrected chi connectivity index (χ2v) is 3.94. The van der Waals surface area contributed by atoms with Crippen molar-refractivity contribution >= 4 is 11.7 Å². The van der Waals surface area contributed by atoms with Gasteiger partial charge >= 0.3 is 5.97 Å². The molecule has 1 aromatic rings. The van der Waals surface area contributed by atoms with Crippen LogP contribution in [0.1, 0.15) is 18.5 Å². The largest absolute Gasteiger partial charge is 0.480 e. The number of rotatable bonds is 7. The molecule has 0 aromatic heterocycles. The number of benzene rings is 1. The highest BCUT2D eigenvalue weighted by Crippen LogP contribution is 2.23. The smallest absolute Gasteiger partial charge is 0.325 e. The average Bonchev–Trinajstić information content (AvgIpc) is 2.38. The molecule has 1 unspecified atom stereocenters. The van der Waals surface area contributed by atoms with Crippen LogP contribution in [0.15, 0.2) is 24.3 Å². The first kappa shape index (κ1) is 15.1. The van der Waals surface area contributed by atoms with Crippen molar-refractivity contribution in [3.8, 4) is 0 Å². The Kier molecular flexibility index (Phi) is 5.40. The standard InChI is InChI=1S/C12H16N2O5/c1-2-13(7-8-15)11(12(16)17)9-3-5-10(6-4-9)14(18)19/h3-6,11,15H,2,7-8H2,1H3,(H,16,17). The minimum absolute atomic E-state index is 0.0851. The zero-order chi connectivity index (χ0) is 14.4. The Labute approximate surface area is 110 Å². The second kappa shape index (κ2) is 6.81. The predicted molar refractivity (Wildman–Crippen MR) is 67.8 cm³/mol. The molecule has 0 saturated carbocycles. The fourth-order valence-electron chi connectivity index (χ4n) is 1.89. The van der Waals surface area contributed by atoms with E-state index in [9.17, 15) is 20.0 Å². The van der Waals surface area contributed by atoms with Crippen LogP contribution >= 0.6 is 0 Å². The molecule has 0 aliphatic heterocycles. The predicted octanol–water partition coefficient (Wildman–Crippen LogP) is 1.03. The molecule has 0 saturated heterocycles. The number of carboxylic acid groups (broad SMARTS) is 1. The number of aliphatic hydroxyl groups is 1. The lowest BCUT2D eigenvalue weighted by Gasteiger charge is -2.27. The molecule has 0 spiro atoms. The van der Waals surface area contributed by atoms with E-state index in [1.165, 1.54) is 24.3 Å². The lowest BCUT2D eigenvalue weighted by molar-refractivity contribution is -0.384. The fraction of sp³-hybridized carbons (Fsp3) is 0.417. The molecule has 0 amide bonds. The van der Waals surface area contributed by atoms with Gasteiger partial charge in [0.15, 0.2) is 0 Å². The Morgan fingerprint density at radius 2 is 2.00 bits per heavy atom. The zero-order valence-electron chi connectivity index (χ0n) is 10.5. The maximum absolute atomic E-state index is 11.3. The normalized spacial score (nSPS) is 12.4. The van der Waals surface area contributed by atoms with Crippen molar-refractivity contribution in [1.29, 1.82) is 0 Å². The van der Waals surface area contributed by atoms with E-state index in [1.807, 2.05) is 0 Å². The summed E-state index contributed by atoms with van der Waals surface area (Å²) in [5, 5.41) is 28.8. The molecule has 0 heterocycles. The van der Waals surface area contributed by atoms with Gasteiger partial charge in [0.05, 0.1) is 11.5 Å². The van der Waals surface area contributed by atoms with Gasteiger partial charge in [-0.05, 0) is 12.1 Å². The summed E-state index contributed by atoms with van der Waals surface area (Å²) in [5.41, 5.74) is 0.367. The molecular weight excluding hydrogens is 252 g/mol. The molecule has 1 aromatic carbocycles. The van der Waals surface area contributed by atoms with Gasteiger partial charge in [-0.25, -0.2) is 0 Å². The van der Waals surface area contributed by atoms with E-state index in [1.54, 1.807) is 11.8 Å². The number of aliphatic hydroxyl groups excluding tert-OH is 1. The topological polar surface area (TPSA) is 104 Å². The third-order valence-electron chi connectivity index (χ3n) is 2.81. The Balaban J connectivity index is 3.04. The first-order valence-corrected chi connectivity index (χ1v) is 5.83. The highest BCUT2D eigenvalue weighted by molar-refractivity contribution is 5.75. The van der Waals surface area contributed by atoms with Crippen LogP contribution in [0.5, 0.6) is 0 Å². The Morgan fingerprint density at radius 1 is 1.42 bits per heavy atom. The SMILES string of the molecule is CCN(CCO)C(C(=O)O)c1ccc([N+](=O)[O-])cc1. The van der Waals surface area contributed by atoms with Crippen molar-refractivity contribution < 1.29 is 19.9 Å². The minimum atomic E-state index is -1.05. The van der Waals surface area contributed by atoms with Gasteiger partial charge < -0.3 is 10.2 Å². The van der Waals surface area contributed by atoms with E-state index in [4.69, 9.17) is 5.11 Å². The molecule has 1 rings (SSSR count). The fourth-order valence-corrected chi connectivity index (χ4v) is 1.89. The quantitative estimate of drug-likeness (QED) is 0.565. The van der Waals surface area contributed by atoms with Crippen molar-refractivity contribution in [3.63, 3.8) is 0 Å². The summed E-state index contributed by atoms with van der Waals surface area (Å²) in [6.07, 6.45) is 0. The molecule has 104 valence electrons. The number of carbonyl (C=O) groups is 1. The summed E-state index contributed by atoms with van der Waals surface area (Å²) in [4.78, 5) is 22.9. The van der Waals surface area contributed by atoms with Crippen molar-refractivity contribution in [3.05, 3.63) is 39.9 Å². The van der Waals surface area contributed by atoms with Crippen molar-refractivity contribution in [2.75, 3.05) is 19.7 Å². The second-order valence-electron chi connectivity index (χ2n) is 3.94. The third-order valence-corrected chi connectivity index (χ3v) is 2.81. The minimum Gasteiger partial charge on any atom is -0.480 e. The van der Waals surface area contributed by atoms with Crippen molar-refractivity contribution in [2.45, 2.75) is 13.0 Å². The maximum atomic E-state index is 11.3. The highest BCUT2D eigenvalue weighted by Gasteiger charge is 2.26. The molecular formula is C12H16N2O5. The first-order chi connectivity index (χ1) is 9.01. The number of nitrogens with zero attached hydrogens (tertiary/aromatic N) is 2. The maximum Gasteiger partial charge on any atom is 0.325 e. The van der Waals surface area contributed by atoms with Crippen LogP contribution < -0.4 is 0 Å². The van der Waals surface area contributed by atoms with E-state index >= 15 is 0 Å². The molecule has 7 heteroatoms. The molecule has 2 N–H and O–H groups in total. The number of nitro benzene ring substituents is 1. The van der Waals surface area contributed by atoms with Crippen molar-refractivity contribution in [1.82, 2.24) is 4.90 Å². The van der Waals surface area contributed by atoms with Gasteiger partial charge in [0.1, 0.15) is 6.04 Å². The molecule has 0 fully saturated rings. The summed E-state index contributed by atoms with van der Waals surface area (Å²) in [6, 6.07) is 4.49. The summed E-state index contributed by atoms with van der Waals surface area (Å²) in [5.74, 6) is -1.05. The summed E-state index contributed by atoms with van der Waals surface area (Å²) in [7, 11) is 0. The molecule has 0 aliphatic rings. The number of hydrogen-bond donors (Lipinski definition) is 2. The van der Waals surface area contributed by atoms with E-state index in [2.05, 4.69) is 0 Å². The molecule has 0 aliphatic carbocycles. The van der Waals surface area contributed by atoms with E-state index < -0.39 is 16.9 Å². The van der Waals surface area contributed by atoms with Gasteiger partial charge in [0.2, 0.25) is 0 Å². The molecule has 0 bridgehead atoms.